The number of nitrogens with zero attached hydrogens (tertiary/aromatic N) is 2. The Hall–Kier alpha value is -2.34. The molecule has 0 saturated heterocycles. The summed E-state index contributed by atoms with van der Waals surface area (Å²) in [6, 6.07) is 5.07. The number of methoxy groups -OCH3 is 1. The first-order valence-electron chi connectivity index (χ1n) is 5.79. The third-order valence-electron chi connectivity index (χ3n) is 2.59. The van der Waals surface area contributed by atoms with E-state index in [1.165, 1.54) is 6.20 Å². The van der Waals surface area contributed by atoms with Crippen LogP contribution in [0.2, 0.25) is 5.15 Å². The van der Waals surface area contributed by atoms with Gasteiger partial charge in [0.2, 0.25) is 0 Å². The maximum absolute atomic E-state index is 11.8. The van der Waals surface area contributed by atoms with Crippen LogP contribution in [0, 0.1) is 0 Å². The summed E-state index contributed by atoms with van der Waals surface area (Å²) in [5.41, 5.74) is 0.867. The van der Waals surface area contributed by atoms with Gasteiger partial charge in [-0.15, -0.1) is 0 Å². The van der Waals surface area contributed by atoms with Crippen LogP contribution in [0.25, 0.3) is 0 Å². The highest BCUT2D eigenvalue weighted by Gasteiger charge is 2.13. The third-order valence-corrected chi connectivity index (χ3v) is 2.79. The number of carbonyl (C=O) groups excluding carboxylic acids is 1. The van der Waals surface area contributed by atoms with Gasteiger partial charge in [0.1, 0.15) is 5.15 Å². The molecule has 1 amide bonds. The lowest BCUT2D eigenvalue weighted by molar-refractivity contribution is 0.0963. The largest absolute Gasteiger partial charge is 0.493 e. The van der Waals surface area contributed by atoms with E-state index >= 15 is 0 Å². The summed E-state index contributed by atoms with van der Waals surface area (Å²) >= 11 is 5.87. The fraction of sp³-hybridized carbons (Fsp3) is 0.154. The summed E-state index contributed by atoms with van der Waals surface area (Å²) in [6.07, 6.45) is 3.02. The number of anilines is 2. The van der Waals surface area contributed by atoms with Crippen LogP contribution in [0.3, 0.4) is 0 Å². The van der Waals surface area contributed by atoms with Crippen LogP contribution in [0.5, 0.6) is 5.75 Å². The first-order valence-corrected chi connectivity index (χ1v) is 6.17. The van der Waals surface area contributed by atoms with Crippen molar-refractivity contribution in [3.8, 4) is 5.75 Å². The molecule has 0 aliphatic rings. The van der Waals surface area contributed by atoms with Gasteiger partial charge in [-0.1, -0.05) is 11.6 Å². The molecule has 2 rings (SSSR count). The molecule has 0 atom stereocenters. The minimum atomic E-state index is -0.272. The van der Waals surface area contributed by atoms with Crippen LogP contribution in [-0.4, -0.2) is 30.0 Å². The Morgan fingerprint density at radius 3 is 2.90 bits per heavy atom. The SMILES string of the molecule is CNC(=O)c1cnc(Cl)cc1Nc1ncccc1OC. The molecule has 2 heterocycles. The number of rotatable bonds is 4. The molecule has 0 aliphatic carbocycles. The molecule has 0 unspecified atom stereocenters. The lowest BCUT2D eigenvalue weighted by Gasteiger charge is -2.12. The van der Waals surface area contributed by atoms with E-state index in [1.807, 2.05) is 0 Å². The number of nitrogens with one attached hydrogen (secondary N) is 2. The Labute approximate surface area is 121 Å². The van der Waals surface area contributed by atoms with Crippen molar-refractivity contribution >= 4 is 29.0 Å². The average molecular weight is 293 g/mol. The van der Waals surface area contributed by atoms with Crippen LogP contribution in [0.1, 0.15) is 10.4 Å². The summed E-state index contributed by atoms with van der Waals surface area (Å²) < 4.78 is 5.20. The topological polar surface area (TPSA) is 76.1 Å². The van der Waals surface area contributed by atoms with Crippen LogP contribution in [0.15, 0.2) is 30.6 Å². The van der Waals surface area contributed by atoms with Crippen molar-refractivity contribution in [2.24, 2.45) is 0 Å². The molecule has 0 spiro atoms. The number of ether oxygens (including phenoxy) is 1. The zero-order valence-corrected chi connectivity index (χ0v) is 11.7. The van der Waals surface area contributed by atoms with E-state index in [1.54, 1.807) is 38.6 Å². The first kappa shape index (κ1) is 14.1. The molecule has 0 saturated carbocycles. The second-order valence-corrected chi connectivity index (χ2v) is 4.20. The number of hydrogen-bond acceptors (Lipinski definition) is 5. The normalized spacial score (nSPS) is 9.95. The Balaban J connectivity index is 2.42. The van der Waals surface area contributed by atoms with Crippen molar-refractivity contribution in [2.75, 3.05) is 19.5 Å². The van der Waals surface area contributed by atoms with E-state index in [2.05, 4.69) is 20.6 Å². The Bertz CT molecular complexity index is 634. The molecule has 2 aromatic rings. The summed E-state index contributed by atoms with van der Waals surface area (Å²) in [7, 11) is 3.09. The first-order chi connectivity index (χ1) is 9.65. The second-order valence-electron chi connectivity index (χ2n) is 3.81. The molecule has 0 aliphatic heterocycles. The number of amides is 1. The molecule has 104 valence electrons. The fourth-order valence-electron chi connectivity index (χ4n) is 1.63. The molecule has 0 aromatic carbocycles. The smallest absolute Gasteiger partial charge is 0.254 e. The third kappa shape index (κ3) is 2.97. The molecule has 0 bridgehead atoms. The number of hydrogen-bond donors (Lipinski definition) is 2. The zero-order valence-electron chi connectivity index (χ0n) is 11.0. The van der Waals surface area contributed by atoms with E-state index in [0.717, 1.165) is 0 Å². The Kier molecular flexibility index (Phi) is 4.37. The molecule has 0 radical (unpaired) electrons. The van der Waals surface area contributed by atoms with Gasteiger partial charge in [-0.25, -0.2) is 9.97 Å². The maximum Gasteiger partial charge on any atom is 0.254 e. The minimum Gasteiger partial charge on any atom is -0.493 e. The predicted molar refractivity (Wildman–Crippen MR) is 76.7 cm³/mol. The van der Waals surface area contributed by atoms with Crippen molar-refractivity contribution in [1.29, 1.82) is 0 Å². The summed E-state index contributed by atoms with van der Waals surface area (Å²) in [5.74, 6) is 0.775. The van der Waals surface area contributed by atoms with Gasteiger partial charge in [-0.3, -0.25) is 4.79 Å². The number of carbonyl (C=O) groups is 1. The van der Waals surface area contributed by atoms with Gasteiger partial charge in [-0.05, 0) is 18.2 Å². The van der Waals surface area contributed by atoms with Crippen LogP contribution in [0.4, 0.5) is 11.5 Å². The van der Waals surface area contributed by atoms with E-state index in [0.29, 0.717) is 22.8 Å². The number of halogens is 1. The summed E-state index contributed by atoms with van der Waals surface area (Å²) in [6.45, 7) is 0. The lowest BCUT2D eigenvalue weighted by Crippen LogP contribution is -2.19. The van der Waals surface area contributed by atoms with Gasteiger partial charge in [-0.2, -0.15) is 0 Å². The molecule has 2 aromatic heterocycles. The molecule has 2 N–H and O–H groups in total. The second kappa shape index (κ2) is 6.21. The highest BCUT2D eigenvalue weighted by molar-refractivity contribution is 6.29. The Morgan fingerprint density at radius 1 is 1.40 bits per heavy atom. The molecular weight excluding hydrogens is 280 g/mol. The average Bonchev–Trinajstić information content (AvgIpc) is 2.47. The van der Waals surface area contributed by atoms with E-state index in [9.17, 15) is 4.79 Å². The highest BCUT2D eigenvalue weighted by Crippen LogP contribution is 2.27. The molecule has 20 heavy (non-hydrogen) atoms. The lowest BCUT2D eigenvalue weighted by atomic mass is 10.2. The maximum atomic E-state index is 11.8. The quantitative estimate of drug-likeness (QED) is 0.845. The fourth-order valence-corrected chi connectivity index (χ4v) is 1.78. The molecule has 6 nitrogen and oxygen atoms in total. The highest BCUT2D eigenvalue weighted by atomic mass is 35.5. The summed E-state index contributed by atoms with van der Waals surface area (Å²) in [5, 5.41) is 5.84. The van der Waals surface area contributed by atoms with Gasteiger partial charge >= 0.3 is 0 Å². The van der Waals surface area contributed by atoms with Gasteiger partial charge in [0.05, 0.1) is 18.4 Å². The van der Waals surface area contributed by atoms with Crippen LogP contribution in [-0.2, 0) is 0 Å². The van der Waals surface area contributed by atoms with Gasteiger partial charge in [0.25, 0.3) is 5.91 Å². The monoisotopic (exact) mass is 292 g/mol. The van der Waals surface area contributed by atoms with Crippen LogP contribution >= 0.6 is 11.6 Å². The van der Waals surface area contributed by atoms with Gasteiger partial charge in [0.15, 0.2) is 11.6 Å². The molecular formula is C13H13ClN4O2. The summed E-state index contributed by atoms with van der Waals surface area (Å²) in [4.78, 5) is 19.9. The molecule has 7 heteroatoms. The van der Waals surface area contributed by atoms with Gasteiger partial charge < -0.3 is 15.4 Å². The Morgan fingerprint density at radius 2 is 2.20 bits per heavy atom. The zero-order chi connectivity index (χ0) is 14.5. The molecule has 0 fully saturated rings. The van der Waals surface area contributed by atoms with Gasteiger partial charge in [0, 0.05) is 19.4 Å². The van der Waals surface area contributed by atoms with Crippen LogP contribution < -0.4 is 15.4 Å². The van der Waals surface area contributed by atoms with Crippen molar-refractivity contribution in [2.45, 2.75) is 0 Å². The number of aromatic nitrogens is 2. The minimum absolute atomic E-state index is 0.272. The standard InChI is InChI=1S/C13H13ClN4O2/c1-15-13(19)8-7-17-11(14)6-9(8)18-12-10(20-2)4-3-5-16-12/h3-7H,1-2H3,(H,15,19)(H,16,17,18). The van der Waals surface area contributed by atoms with Crippen molar-refractivity contribution in [3.63, 3.8) is 0 Å². The van der Waals surface area contributed by atoms with Crippen molar-refractivity contribution in [3.05, 3.63) is 41.3 Å². The van der Waals surface area contributed by atoms with E-state index in [4.69, 9.17) is 16.3 Å². The number of pyridine rings is 2. The predicted octanol–water partition coefficient (Wildman–Crippen LogP) is 2.24. The van der Waals surface area contributed by atoms with E-state index in [-0.39, 0.29) is 11.1 Å². The van der Waals surface area contributed by atoms with Crippen molar-refractivity contribution in [1.82, 2.24) is 15.3 Å². The van der Waals surface area contributed by atoms with E-state index < -0.39 is 0 Å². The van der Waals surface area contributed by atoms with Crippen molar-refractivity contribution < 1.29 is 9.53 Å².